The van der Waals surface area contributed by atoms with E-state index in [0.29, 0.717) is 0 Å². The van der Waals surface area contributed by atoms with Gasteiger partial charge in [-0.15, -0.1) is 0 Å². The summed E-state index contributed by atoms with van der Waals surface area (Å²) in [5, 5.41) is 4.46. The van der Waals surface area contributed by atoms with Crippen LogP contribution >= 0.6 is 0 Å². The molecule has 3 nitrogen and oxygen atoms in total. The van der Waals surface area contributed by atoms with Crippen molar-refractivity contribution in [2.75, 3.05) is 4.90 Å². The highest BCUT2D eigenvalue weighted by molar-refractivity contribution is 6.08. The van der Waals surface area contributed by atoms with E-state index in [1.54, 1.807) is 0 Å². The Hall–Kier alpha value is -6.84. The first-order valence-corrected chi connectivity index (χ1v) is 19.5. The molecule has 2 aliphatic carbocycles. The van der Waals surface area contributed by atoms with Gasteiger partial charge in [0, 0.05) is 61.6 Å². The predicted octanol–water partition coefficient (Wildman–Crippen LogP) is 14.6. The molecule has 0 radical (unpaired) electrons. The molecule has 0 amide bonds. The Bertz CT molecular complexity index is 3220. The van der Waals surface area contributed by atoms with E-state index >= 15 is 0 Å². The highest BCUT2D eigenvalue weighted by Gasteiger charge is 2.41. The van der Waals surface area contributed by atoms with Crippen molar-refractivity contribution < 1.29 is 8.83 Å². The minimum atomic E-state index is -0.280. The fraction of sp³-hybridized carbons (Fsp3) is 0.0943. The van der Waals surface area contributed by atoms with Gasteiger partial charge in [0.25, 0.3) is 0 Å². The summed E-state index contributed by atoms with van der Waals surface area (Å²) < 4.78 is 13.2. The van der Waals surface area contributed by atoms with Gasteiger partial charge in [0.2, 0.25) is 0 Å². The molecule has 0 atom stereocenters. The van der Waals surface area contributed by atoms with Gasteiger partial charge in [-0.25, -0.2) is 0 Å². The fourth-order valence-corrected chi connectivity index (χ4v) is 10.1. The van der Waals surface area contributed by atoms with Crippen LogP contribution < -0.4 is 4.90 Å². The summed E-state index contributed by atoms with van der Waals surface area (Å²) in [7, 11) is 0. The van der Waals surface area contributed by atoms with Gasteiger partial charge in [-0.2, -0.15) is 0 Å². The number of benzene rings is 8. The molecule has 12 rings (SSSR count). The van der Waals surface area contributed by atoms with Crippen molar-refractivity contribution in [3.8, 4) is 22.3 Å². The summed E-state index contributed by atoms with van der Waals surface area (Å²) in [5.41, 5.74) is 18.1. The number of hydrogen-bond acceptors (Lipinski definition) is 3. The van der Waals surface area contributed by atoms with Gasteiger partial charge in [0.15, 0.2) is 0 Å². The highest BCUT2D eigenvalue weighted by Crippen LogP contribution is 2.54. The third-order valence-corrected chi connectivity index (χ3v) is 13.0. The lowest BCUT2D eigenvalue weighted by Crippen LogP contribution is -2.22. The van der Waals surface area contributed by atoms with Gasteiger partial charge < -0.3 is 13.7 Å². The van der Waals surface area contributed by atoms with Gasteiger partial charge >= 0.3 is 0 Å². The van der Waals surface area contributed by atoms with Crippen molar-refractivity contribution >= 4 is 60.9 Å². The maximum atomic E-state index is 6.72. The molecule has 0 N–H and O–H groups in total. The Morgan fingerprint density at radius 2 is 0.839 bits per heavy atom. The number of anilines is 3. The summed E-state index contributed by atoms with van der Waals surface area (Å²) in [6, 6.07) is 61.7. The van der Waals surface area contributed by atoms with Crippen LogP contribution in [-0.2, 0) is 10.8 Å². The van der Waals surface area contributed by atoms with Gasteiger partial charge in [-0.05, 0) is 112 Å². The Labute approximate surface area is 325 Å². The van der Waals surface area contributed by atoms with Gasteiger partial charge in [-0.3, -0.25) is 0 Å². The minimum Gasteiger partial charge on any atom is -0.456 e. The van der Waals surface area contributed by atoms with Crippen LogP contribution in [0.5, 0.6) is 0 Å². The van der Waals surface area contributed by atoms with Crippen molar-refractivity contribution in [3.63, 3.8) is 0 Å². The van der Waals surface area contributed by atoms with E-state index in [4.69, 9.17) is 8.83 Å². The number of fused-ring (bicyclic) bond motifs is 12. The SMILES string of the molecule is CC1(C)c2ccccc2-c2ccc(N(c3ccc4c(c3)oc3ccccc34)c3ccc4c(c3)oc3ccc(C5(C)c6ccccc6-c6ccccc65)cc34)cc21. The maximum Gasteiger partial charge on any atom is 0.137 e. The van der Waals surface area contributed by atoms with E-state index in [1.807, 2.05) is 12.1 Å². The number of hydrogen-bond donors (Lipinski definition) is 0. The molecule has 266 valence electrons. The van der Waals surface area contributed by atoms with Crippen LogP contribution in [0.4, 0.5) is 17.1 Å². The lowest BCUT2D eigenvalue weighted by atomic mass is 9.74. The first kappa shape index (κ1) is 31.5. The van der Waals surface area contributed by atoms with Crippen LogP contribution in [0.25, 0.3) is 66.1 Å². The summed E-state index contributed by atoms with van der Waals surface area (Å²) in [6.45, 7) is 7.04. The molecule has 0 saturated carbocycles. The van der Waals surface area contributed by atoms with Crippen molar-refractivity contribution in [2.45, 2.75) is 31.6 Å². The Kier molecular flexibility index (Phi) is 6.25. The zero-order valence-corrected chi connectivity index (χ0v) is 31.4. The molecular weight excluding hydrogens is 683 g/mol. The molecule has 2 aromatic heterocycles. The smallest absolute Gasteiger partial charge is 0.137 e. The number of rotatable bonds is 4. The number of nitrogens with zero attached hydrogens (tertiary/aromatic N) is 1. The third-order valence-electron chi connectivity index (χ3n) is 13.0. The molecule has 0 spiro atoms. The van der Waals surface area contributed by atoms with Gasteiger partial charge in [-0.1, -0.05) is 117 Å². The molecule has 0 aliphatic heterocycles. The average molecular weight is 720 g/mol. The Balaban J connectivity index is 1.03. The van der Waals surface area contributed by atoms with E-state index < -0.39 is 0 Å². The van der Waals surface area contributed by atoms with Crippen LogP contribution in [-0.4, -0.2) is 0 Å². The van der Waals surface area contributed by atoms with Gasteiger partial charge in [0.05, 0.1) is 0 Å². The molecule has 0 bridgehead atoms. The van der Waals surface area contributed by atoms with Crippen molar-refractivity contribution in [3.05, 3.63) is 198 Å². The number of furan rings is 2. The largest absolute Gasteiger partial charge is 0.456 e. The van der Waals surface area contributed by atoms with Crippen LogP contribution in [0.2, 0.25) is 0 Å². The molecular formula is C53H37NO2. The Morgan fingerprint density at radius 1 is 0.357 bits per heavy atom. The second kappa shape index (κ2) is 11.1. The normalized spacial score (nSPS) is 14.6. The summed E-state index contributed by atoms with van der Waals surface area (Å²) in [6.07, 6.45) is 0. The zero-order chi connectivity index (χ0) is 37.3. The summed E-state index contributed by atoms with van der Waals surface area (Å²) in [4.78, 5) is 2.34. The van der Waals surface area contributed by atoms with E-state index in [2.05, 4.69) is 183 Å². The second-order valence-corrected chi connectivity index (χ2v) is 16.2. The molecule has 2 heterocycles. The average Bonchev–Trinajstić information content (AvgIpc) is 3.94. The van der Waals surface area contributed by atoms with Crippen LogP contribution in [0, 0.1) is 0 Å². The first-order chi connectivity index (χ1) is 27.4. The molecule has 56 heavy (non-hydrogen) atoms. The lowest BCUT2D eigenvalue weighted by Gasteiger charge is -2.28. The Morgan fingerprint density at radius 3 is 1.52 bits per heavy atom. The highest BCUT2D eigenvalue weighted by atomic mass is 16.3. The predicted molar refractivity (Wildman–Crippen MR) is 231 cm³/mol. The maximum absolute atomic E-state index is 6.72. The fourth-order valence-electron chi connectivity index (χ4n) is 10.1. The van der Waals surface area contributed by atoms with Crippen LogP contribution in [0.1, 0.15) is 48.6 Å². The standard InChI is InChI=1S/C53H37NO2/c1-52(2)44-16-8-4-12-36(44)39-24-21-33(29-47(39)52)54(34-22-25-41-40-15-7-11-19-48(40)55-50(41)30-34)35-23-26-42-43-28-32(20-27-49(43)56-51(42)31-35)53(3)45-17-9-5-13-37(45)38-14-6-10-18-46(38)53/h4-31H,1-3H3. The third kappa shape index (κ3) is 4.17. The van der Waals surface area contributed by atoms with Crippen LogP contribution in [0.3, 0.4) is 0 Å². The van der Waals surface area contributed by atoms with Gasteiger partial charge in [0.1, 0.15) is 22.3 Å². The molecule has 0 fully saturated rings. The van der Waals surface area contributed by atoms with Crippen molar-refractivity contribution in [1.29, 1.82) is 0 Å². The molecule has 10 aromatic rings. The zero-order valence-electron chi connectivity index (χ0n) is 31.4. The summed E-state index contributed by atoms with van der Waals surface area (Å²) in [5.74, 6) is 0. The number of para-hydroxylation sites is 1. The van der Waals surface area contributed by atoms with E-state index in [-0.39, 0.29) is 10.8 Å². The molecule has 2 aliphatic rings. The van der Waals surface area contributed by atoms with E-state index in [9.17, 15) is 0 Å². The molecule has 3 heteroatoms. The van der Waals surface area contributed by atoms with Crippen LogP contribution in [0.15, 0.2) is 179 Å². The molecule has 8 aromatic carbocycles. The minimum absolute atomic E-state index is 0.131. The van der Waals surface area contributed by atoms with E-state index in [1.165, 1.54) is 50.1 Å². The quantitative estimate of drug-likeness (QED) is 0.181. The monoisotopic (exact) mass is 719 g/mol. The molecule has 0 unspecified atom stereocenters. The lowest BCUT2D eigenvalue weighted by molar-refractivity contribution is 0.660. The molecule has 0 saturated heterocycles. The first-order valence-electron chi connectivity index (χ1n) is 19.5. The summed E-state index contributed by atoms with van der Waals surface area (Å²) >= 11 is 0. The topological polar surface area (TPSA) is 29.5 Å². The van der Waals surface area contributed by atoms with Crippen molar-refractivity contribution in [2.24, 2.45) is 0 Å². The van der Waals surface area contributed by atoms with Crippen molar-refractivity contribution in [1.82, 2.24) is 0 Å². The second-order valence-electron chi connectivity index (χ2n) is 16.2. The van der Waals surface area contributed by atoms with E-state index in [0.717, 1.165) is 60.9 Å².